The van der Waals surface area contributed by atoms with Gasteiger partial charge in [0.25, 0.3) is 0 Å². The van der Waals surface area contributed by atoms with E-state index in [9.17, 15) is 0 Å². The molecular formula is C13H8ClN3O. The molecule has 0 aromatic carbocycles. The fourth-order valence-electron chi connectivity index (χ4n) is 1.69. The Morgan fingerprint density at radius 3 is 2.78 bits per heavy atom. The van der Waals surface area contributed by atoms with Crippen molar-refractivity contribution in [2.45, 2.75) is 0 Å². The average Bonchev–Trinajstić information content (AvgIpc) is 2.93. The Labute approximate surface area is 108 Å². The number of halogens is 1. The van der Waals surface area contributed by atoms with E-state index >= 15 is 0 Å². The van der Waals surface area contributed by atoms with Crippen LogP contribution in [0, 0.1) is 0 Å². The van der Waals surface area contributed by atoms with E-state index in [4.69, 9.17) is 16.0 Å². The van der Waals surface area contributed by atoms with E-state index in [0.717, 1.165) is 11.3 Å². The SMILES string of the molecule is Clc1ccc(-c2ccncn2)c(-c2ccco2)n1. The summed E-state index contributed by atoms with van der Waals surface area (Å²) in [5.41, 5.74) is 2.31. The van der Waals surface area contributed by atoms with Gasteiger partial charge < -0.3 is 4.42 Å². The highest BCUT2D eigenvalue weighted by molar-refractivity contribution is 6.29. The van der Waals surface area contributed by atoms with E-state index in [1.54, 1.807) is 18.5 Å². The lowest BCUT2D eigenvalue weighted by Gasteiger charge is -2.06. The van der Waals surface area contributed by atoms with Crippen molar-refractivity contribution in [3.05, 3.63) is 54.3 Å². The van der Waals surface area contributed by atoms with E-state index in [0.29, 0.717) is 16.6 Å². The lowest BCUT2D eigenvalue weighted by Crippen LogP contribution is -1.91. The van der Waals surface area contributed by atoms with Crippen molar-refractivity contribution < 1.29 is 4.42 Å². The fourth-order valence-corrected chi connectivity index (χ4v) is 1.84. The standard InChI is InChI=1S/C13H8ClN3O/c14-12-4-3-9(10-5-6-15-8-16-10)13(17-12)11-2-1-7-18-11/h1-8H. The highest BCUT2D eigenvalue weighted by Gasteiger charge is 2.12. The predicted molar refractivity (Wildman–Crippen MR) is 68.0 cm³/mol. The van der Waals surface area contributed by atoms with Gasteiger partial charge in [0.15, 0.2) is 5.76 Å². The third-order valence-corrected chi connectivity index (χ3v) is 2.68. The van der Waals surface area contributed by atoms with Crippen LogP contribution in [-0.4, -0.2) is 15.0 Å². The van der Waals surface area contributed by atoms with Crippen molar-refractivity contribution in [1.82, 2.24) is 15.0 Å². The molecule has 0 aliphatic carbocycles. The maximum atomic E-state index is 5.94. The summed E-state index contributed by atoms with van der Waals surface area (Å²) in [6.07, 6.45) is 4.78. The van der Waals surface area contributed by atoms with Gasteiger partial charge in [-0.1, -0.05) is 11.6 Å². The molecule has 0 aliphatic rings. The van der Waals surface area contributed by atoms with Crippen LogP contribution < -0.4 is 0 Å². The minimum atomic E-state index is 0.416. The Balaban J connectivity index is 2.21. The summed E-state index contributed by atoms with van der Waals surface area (Å²) < 4.78 is 5.37. The summed E-state index contributed by atoms with van der Waals surface area (Å²) in [6.45, 7) is 0. The molecule has 0 aliphatic heterocycles. The molecule has 3 heterocycles. The molecular weight excluding hydrogens is 250 g/mol. The Hall–Kier alpha value is -2.20. The quantitative estimate of drug-likeness (QED) is 0.660. The second-order valence-electron chi connectivity index (χ2n) is 3.60. The zero-order chi connectivity index (χ0) is 12.4. The second kappa shape index (κ2) is 4.58. The van der Waals surface area contributed by atoms with E-state index < -0.39 is 0 Å². The third-order valence-electron chi connectivity index (χ3n) is 2.47. The van der Waals surface area contributed by atoms with Crippen molar-refractivity contribution in [3.8, 4) is 22.7 Å². The molecule has 3 aromatic heterocycles. The van der Waals surface area contributed by atoms with Crippen molar-refractivity contribution in [3.63, 3.8) is 0 Å². The van der Waals surface area contributed by atoms with E-state index in [1.165, 1.54) is 6.33 Å². The van der Waals surface area contributed by atoms with Crippen LogP contribution in [0.1, 0.15) is 0 Å². The van der Waals surface area contributed by atoms with Gasteiger partial charge in [0.05, 0.1) is 12.0 Å². The molecule has 18 heavy (non-hydrogen) atoms. The van der Waals surface area contributed by atoms with E-state index in [-0.39, 0.29) is 0 Å². The Morgan fingerprint density at radius 1 is 1.11 bits per heavy atom. The molecule has 4 nitrogen and oxygen atoms in total. The Bertz CT molecular complexity index is 653. The van der Waals surface area contributed by atoms with Gasteiger partial charge >= 0.3 is 0 Å². The van der Waals surface area contributed by atoms with Gasteiger partial charge in [-0.25, -0.2) is 15.0 Å². The molecule has 0 fully saturated rings. The maximum absolute atomic E-state index is 5.94. The van der Waals surface area contributed by atoms with Crippen LogP contribution in [0.3, 0.4) is 0 Å². The minimum Gasteiger partial charge on any atom is -0.463 e. The average molecular weight is 258 g/mol. The van der Waals surface area contributed by atoms with Gasteiger partial charge in [0, 0.05) is 11.8 Å². The number of rotatable bonds is 2. The zero-order valence-electron chi connectivity index (χ0n) is 9.25. The monoisotopic (exact) mass is 257 g/mol. The third kappa shape index (κ3) is 1.98. The number of hydrogen-bond donors (Lipinski definition) is 0. The number of nitrogens with zero attached hydrogens (tertiary/aromatic N) is 3. The lowest BCUT2D eigenvalue weighted by molar-refractivity contribution is 0.580. The number of pyridine rings is 1. The second-order valence-corrected chi connectivity index (χ2v) is 3.99. The molecule has 0 bridgehead atoms. The first-order valence-corrected chi connectivity index (χ1v) is 5.69. The van der Waals surface area contributed by atoms with Crippen LogP contribution in [0.25, 0.3) is 22.7 Å². The molecule has 0 saturated heterocycles. The number of aromatic nitrogens is 3. The van der Waals surface area contributed by atoms with Crippen LogP contribution in [-0.2, 0) is 0 Å². The molecule has 5 heteroatoms. The minimum absolute atomic E-state index is 0.416. The Morgan fingerprint density at radius 2 is 2.06 bits per heavy atom. The van der Waals surface area contributed by atoms with Crippen LogP contribution >= 0.6 is 11.6 Å². The molecule has 0 amide bonds. The predicted octanol–water partition coefficient (Wildman–Crippen LogP) is 3.45. The van der Waals surface area contributed by atoms with Crippen molar-refractivity contribution in [2.24, 2.45) is 0 Å². The van der Waals surface area contributed by atoms with Crippen LogP contribution in [0.15, 0.2) is 53.5 Å². The van der Waals surface area contributed by atoms with Crippen molar-refractivity contribution in [2.75, 3.05) is 0 Å². The normalized spacial score (nSPS) is 10.5. The molecule has 0 saturated carbocycles. The van der Waals surface area contributed by atoms with Gasteiger partial charge in [-0.05, 0) is 30.3 Å². The first-order chi connectivity index (χ1) is 8.84. The molecule has 88 valence electrons. The van der Waals surface area contributed by atoms with Crippen LogP contribution in [0.4, 0.5) is 0 Å². The zero-order valence-corrected chi connectivity index (χ0v) is 10.0. The van der Waals surface area contributed by atoms with Gasteiger partial charge in [0.1, 0.15) is 17.2 Å². The van der Waals surface area contributed by atoms with Crippen LogP contribution in [0.5, 0.6) is 0 Å². The first kappa shape index (κ1) is 10.9. The van der Waals surface area contributed by atoms with Gasteiger partial charge in [-0.15, -0.1) is 0 Å². The molecule has 3 rings (SSSR count). The molecule has 0 spiro atoms. The topological polar surface area (TPSA) is 51.8 Å². The smallest absolute Gasteiger partial charge is 0.152 e. The summed E-state index contributed by atoms with van der Waals surface area (Å²) in [4.78, 5) is 12.4. The molecule has 3 aromatic rings. The molecule has 0 unspecified atom stereocenters. The van der Waals surface area contributed by atoms with Gasteiger partial charge in [-0.2, -0.15) is 0 Å². The largest absolute Gasteiger partial charge is 0.463 e. The summed E-state index contributed by atoms with van der Waals surface area (Å²) >= 11 is 5.94. The molecule has 0 atom stereocenters. The molecule has 0 N–H and O–H groups in total. The number of furan rings is 1. The van der Waals surface area contributed by atoms with E-state index in [2.05, 4.69) is 15.0 Å². The first-order valence-electron chi connectivity index (χ1n) is 5.31. The number of hydrogen-bond acceptors (Lipinski definition) is 4. The lowest BCUT2D eigenvalue weighted by atomic mass is 10.1. The van der Waals surface area contributed by atoms with Gasteiger partial charge in [0.2, 0.25) is 0 Å². The highest BCUT2D eigenvalue weighted by Crippen LogP contribution is 2.30. The van der Waals surface area contributed by atoms with Crippen molar-refractivity contribution in [1.29, 1.82) is 0 Å². The van der Waals surface area contributed by atoms with E-state index in [1.807, 2.05) is 24.3 Å². The maximum Gasteiger partial charge on any atom is 0.152 e. The highest BCUT2D eigenvalue weighted by atomic mass is 35.5. The summed E-state index contributed by atoms with van der Waals surface area (Å²) in [6, 6.07) is 9.06. The molecule has 0 radical (unpaired) electrons. The summed E-state index contributed by atoms with van der Waals surface area (Å²) in [7, 11) is 0. The fraction of sp³-hybridized carbons (Fsp3) is 0. The summed E-state index contributed by atoms with van der Waals surface area (Å²) in [5, 5.41) is 0.416. The van der Waals surface area contributed by atoms with Crippen molar-refractivity contribution >= 4 is 11.6 Å². The Kier molecular flexibility index (Phi) is 2.78. The van der Waals surface area contributed by atoms with Crippen LogP contribution in [0.2, 0.25) is 5.15 Å². The summed E-state index contributed by atoms with van der Waals surface area (Å²) in [5.74, 6) is 0.658. The van der Waals surface area contributed by atoms with Gasteiger partial charge in [-0.3, -0.25) is 0 Å².